The molecule has 6 heteroatoms. The first kappa shape index (κ1) is 20.9. The van der Waals surface area contributed by atoms with E-state index in [1.807, 2.05) is 0 Å². The number of aliphatic imine (C=N–C) groups is 1. The fourth-order valence-electron chi connectivity index (χ4n) is 3.71. The number of nitrogens with one attached hydrogen (secondary N) is 2. The van der Waals surface area contributed by atoms with Crippen LogP contribution in [-0.2, 0) is 11.3 Å². The van der Waals surface area contributed by atoms with Crippen molar-refractivity contribution in [1.82, 2.24) is 15.5 Å². The highest BCUT2D eigenvalue weighted by Gasteiger charge is 2.34. The topological polar surface area (TPSA) is 58.1 Å². The van der Waals surface area contributed by atoms with Crippen LogP contribution in [0.25, 0.3) is 0 Å². The van der Waals surface area contributed by atoms with Crippen LogP contribution in [0, 0.1) is 12.8 Å². The zero-order chi connectivity index (χ0) is 19.8. The number of rotatable bonds is 10. The van der Waals surface area contributed by atoms with Crippen molar-refractivity contribution >= 4 is 5.96 Å². The Kier molecular flexibility index (Phi) is 7.98. The van der Waals surface area contributed by atoms with Crippen LogP contribution in [0.2, 0.25) is 0 Å². The second-order valence-electron chi connectivity index (χ2n) is 7.91. The van der Waals surface area contributed by atoms with Crippen molar-refractivity contribution in [2.75, 3.05) is 46.5 Å². The summed E-state index contributed by atoms with van der Waals surface area (Å²) in [7, 11) is 1.69. The summed E-state index contributed by atoms with van der Waals surface area (Å²) in [6.07, 6.45) is 4.09. The highest BCUT2D eigenvalue weighted by molar-refractivity contribution is 5.79. The molecule has 1 atom stereocenters. The fourth-order valence-corrected chi connectivity index (χ4v) is 3.71. The lowest BCUT2D eigenvalue weighted by Gasteiger charge is -2.17. The number of hydrogen-bond donors (Lipinski definition) is 2. The quantitative estimate of drug-likeness (QED) is 0.367. The number of nitrogens with zero attached hydrogens (tertiary/aromatic N) is 2. The Bertz CT molecular complexity index is 645. The summed E-state index contributed by atoms with van der Waals surface area (Å²) in [5.41, 5.74) is 2.28. The number of likely N-dealkylation sites (tertiary alicyclic amines) is 1. The van der Waals surface area contributed by atoms with E-state index < -0.39 is 0 Å². The minimum absolute atomic E-state index is 0.550. The molecule has 0 bridgehead atoms. The lowest BCUT2D eigenvalue weighted by molar-refractivity contribution is 0.145. The van der Waals surface area contributed by atoms with Crippen molar-refractivity contribution in [3.8, 4) is 5.75 Å². The third-order valence-electron chi connectivity index (χ3n) is 5.46. The Hall–Kier alpha value is -1.79. The van der Waals surface area contributed by atoms with Gasteiger partial charge >= 0.3 is 0 Å². The molecule has 2 fully saturated rings. The predicted molar refractivity (Wildman–Crippen MR) is 114 cm³/mol. The molecule has 1 aliphatic heterocycles. The summed E-state index contributed by atoms with van der Waals surface area (Å²) in [6.45, 7) is 10.2. The summed E-state index contributed by atoms with van der Waals surface area (Å²) >= 11 is 0. The highest BCUT2D eigenvalue weighted by atomic mass is 16.5. The van der Waals surface area contributed by atoms with Gasteiger partial charge in [-0.1, -0.05) is 12.1 Å². The molecule has 0 spiro atoms. The lowest BCUT2D eigenvalue weighted by atomic mass is 10.1. The van der Waals surface area contributed by atoms with E-state index in [2.05, 4.69) is 47.6 Å². The number of guanidine groups is 1. The monoisotopic (exact) mass is 388 g/mol. The second-order valence-corrected chi connectivity index (χ2v) is 7.91. The summed E-state index contributed by atoms with van der Waals surface area (Å²) in [4.78, 5) is 7.46. The second kappa shape index (κ2) is 10.7. The van der Waals surface area contributed by atoms with Crippen LogP contribution in [0.3, 0.4) is 0 Å². The molecule has 156 valence electrons. The molecule has 0 radical (unpaired) electrons. The maximum Gasteiger partial charge on any atom is 0.191 e. The smallest absolute Gasteiger partial charge is 0.191 e. The molecule has 0 amide bonds. The first-order chi connectivity index (χ1) is 13.7. The molecule has 2 aliphatic rings. The van der Waals surface area contributed by atoms with Gasteiger partial charge in [0.15, 0.2) is 5.96 Å². The minimum Gasteiger partial charge on any atom is -0.491 e. The largest absolute Gasteiger partial charge is 0.491 e. The minimum atomic E-state index is 0.550. The van der Waals surface area contributed by atoms with Gasteiger partial charge in [0.05, 0.1) is 13.2 Å². The molecule has 1 saturated carbocycles. The average molecular weight is 389 g/mol. The molecule has 1 saturated heterocycles. The summed E-state index contributed by atoms with van der Waals surface area (Å²) in [5, 5.41) is 6.92. The lowest BCUT2D eigenvalue weighted by Crippen LogP contribution is -2.40. The van der Waals surface area contributed by atoms with Gasteiger partial charge in [-0.3, -0.25) is 0 Å². The first-order valence-corrected chi connectivity index (χ1v) is 10.7. The van der Waals surface area contributed by atoms with Gasteiger partial charge in [-0.15, -0.1) is 0 Å². The van der Waals surface area contributed by atoms with Gasteiger partial charge in [0.1, 0.15) is 12.4 Å². The SMILES string of the molecule is CCNC(=NCc1ccc(C)cc1OCCOC)NCC1CCN(C2CC2)C1. The van der Waals surface area contributed by atoms with E-state index in [0.29, 0.717) is 19.8 Å². The Labute approximate surface area is 169 Å². The van der Waals surface area contributed by atoms with Crippen molar-refractivity contribution in [2.24, 2.45) is 10.9 Å². The highest BCUT2D eigenvalue weighted by Crippen LogP contribution is 2.31. The molecule has 6 nitrogen and oxygen atoms in total. The molecule has 0 aromatic heterocycles. The van der Waals surface area contributed by atoms with Gasteiger partial charge in [0.2, 0.25) is 0 Å². The Balaban J connectivity index is 1.54. The maximum absolute atomic E-state index is 5.89. The van der Waals surface area contributed by atoms with Crippen LogP contribution in [0.5, 0.6) is 5.75 Å². The Morgan fingerprint density at radius 3 is 2.82 bits per heavy atom. The van der Waals surface area contributed by atoms with E-state index >= 15 is 0 Å². The zero-order valence-corrected chi connectivity index (χ0v) is 17.7. The molecular weight excluding hydrogens is 352 g/mol. The van der Waals surface area contributed by atoms with Crippen molar-refractivity contribution in [3.63, 3.8) is 0 Å². The van der Waals surface area contributed by atoms with Gasteiger partial charge in [-0.2, -0.15) is 0 Å². The van der Waals surface area contributed by atoms with Crippen LogP contribution in [0.15, 0.2) is 23.2 Å². The fraction of sp³-hybridized carbons (Fsp3) is 0.682. The molecule has 3 rings (SSSR count). The number of aryl methyl sites for hydroxylation is 1. The zero-order valence-electron chi connectivity index (χ0n) is 17.7. The van der Waals surface area contributed by atoms with Gasteiger partial charge in [-0.05, 0) is 57.2 Å². The van der Waals surface area contributed by atoms with Gasteiger partial charge < -0.3 is 25.0 Å². The number of benzene rings is 1. The number of ether oxygens (including phenoxy) is 2. The van der Waals surface area contributed by atoms with Crippen LogP contribution in [0.1, 0.15) is 37.3 Å². The third kappa shape index (κ3) is 6.38. The van der Waals surface area contributed by atoms with Crippen LogP contribution in [-0.4, -0.2) is 63.4 Å². The Morgan fingerprint density at radius 1 is 1.21 bits per heavy atom. The molecule has 28 heavy (non-hydrogen) atoms. The van der Waals surface area contributed by atoms with Gasteiger partial charge in [0, 0.05) is 38.3 Å². The molecule has 1 aromatic rings. The van der Waals surface area contributed by atoms with E-state index in [4.69, 9.17) is 14.5 Å². The van der Waals surface area contributed by atoms with E-state index in [-0.39, 0.29) is 0 Å². The van der Waals surface area contributed by atoms with Gasteiger partial charge in [0.25, 0.3) is 0 Å². The number of methoxy groups -OCH3 is 1. The van der Waals surface area contributed by atoms with E-state index in [1.165, 1.54) is 37.9 Å². The molecule has 1 unspecified atom stereocenters. The summed E-state index contributed by atoms with van der Waals surface area (Å²) in [6, 6.07) is 7.17. The molecule has 1 heterocycles. The van der Waals surface area contributed by atoms with Gasteiger partial charge in [-0.25, -0.2) is 4.99 Å². The molecule has 1 aromatic carbocycles. The number of hydrogen-bond acceptors (Lipinski definition) is 4. The Morgan fingerprint density at radius 2 is 2.07 bits per heavy atom. The summed E-state index contributed by atoms with van der Waals surface area (Å²) < 4.78 is 11.0. The average Bonchev–Trinajstić information content (AvgIpc) is 3.43. The van der Waals surface area contributed by atoms with Crippen molar-refractivity contribution in [3.05, 3.63) is 29.3 Å². The van der Waals surface area contributed by atoms with Crippen LogP contribution in [0.4, 0.5) is 0 Å². The van der Waals surface area contributed by atoms with E-state index in [0.717, 1.165) is 42.3 Å². The third-order valence-corrected chi connectivity index (χ3v) is 5.46. The summed E-state index contributed by atoms with van der Waals surface area (Å²) in [5.74, 6) is 2.50. The maximum atomic E-state index is 5.89. The van der Waals surface area contributed by atoms with Crippen LogP contribution < -0.4 is 15.4 Å². The van der Waals surface area contributed by atoms with Crippen molar-refractivity contribution < 1.29 is 9.47 Å². The van der Waals surface area contributed by atoms with E-state index in [1.54, 1.807) is 7.11 Å². The molecular formula is C22H36N4O2. The standard InChI is InChI=1S/C22H36N4O2/c1-4-23-22(24-14-18-9-10-26(16-18)20-7-8-20)25-15-19-6-5-17(2)13-21(19)28-12-11-27-3/h5-6,13,18,20H,4,7-12,14-16H2,1-3H3,(H2,23,24,25). The first-order valence-electron chi connectivity index (χ1n) is 10.7. The van der Waals surface area contributed by atoms with Crippen LogP contribution >= 0.6 is 0 Å². The van der Waals surface area contributed by atoms with Crippen molar-refractivity contribution in [2.45, 2.75) is 45.7 Å². The van der Waals surface area contributed by atoms with E-state index in [9.17, 15) is 0 Å². The molecule has 2 N–H and O–H groups in total. The molecule has 1 aliphatic carbocycles. The normalized spacial score (nSPS) is 20.4. The van der Waals surface area contributed by atoms with Crippen molar-refractivity contribution in [1.29, 1.82) is 0 Å². The predicted octanol–water partition coefficient (Wildman–Crippen LogP) is 2.56.